The van der Waals surface area contributed by atoms with Crippen molar-refractivity contribution < 1.29 is 15.0 Å². The Morgan fingerprint density at radius 3 is 2.82 bits per heavy atom. The molecule has 28 heavy (non-hydrogen) atoms. The number of hydrogen-bond donors (Lipinski definition) is 3. The van der Waals surface area contributed by atoms with E-state index in [1.165, 1.54) is 11.1 Å². The maximum Gasteiger partial charge on any atom is 0.255 e. The second-order valence-corrected chi connectivity index (χ2v) is 7.15. The third-order valence-corrected chi connectivity index (χ3v) is 5.17. The van der Waals surface area contributed by atoms with Gasteiger partial charge in [-0.1, -0.05) is 36.4 Å². The number of phenolic OH excluding ortho intramolecular Hbond substituents is 1. The number of aromatic nitrogens is 1. The molecule has 0 unspecified atom stereocenters. The third kappa shape index (κ3) is 3.83. The van der Waals surface area contributed by atoms with Crippen molar-refractivity contribution in [3.63, 3.8) is 0 Å². The van der Waals surface area contributed by atoms with E-state index in [9.17, 15) is 15.0 Å². The quantitative estimate of drug-likeness (QED) is 0.634. The highest BCUT2D eigenvalue weighted by Crippen LogP contribution is 2.26. The lowest BCUT2D eigenvalue weighted by atomic mass is 10.00. The van der Waals surface area contributed by atoms with Crippen LogP contribution in [-0.4, -0.2) is 51.7 Å². The number of aromatic hydroxyl groups is 1. The number of aliphatic hydroxyl groups excluding tert-OH is 1. The molecule has 0 aliphatic carbocycles. The summed E-state index contributed by atoms with van der Waals surface area (Å²) in [7, 11) is 0. The smallest absolute Gasteiger partial charge is 0.255 e. The van der Waals surface area contributed by atoms with Gasteiger partial charge in [0, 0.05) is 37.8 Å². The molecular formula is C22H23N3O3. The van der Waals surface area contributed by atoms with E-state index in [0.29, 0.717) is 12.1 Å². The van der Waals surface area contributed by atoms with E-state index in [2.05, 4.69) is 33.4 Å². The van der Waals surface area contributed by atoms with E-state index in [1.54, 1.807) is 24.4 Å². The first-order valence-electron chi connectivity index (χ1n) is 9.44. The van der Waals surface area contributed by atoms with Gasteiger partial charge in [-0.25, -0.2) is 0 Å². The number of β-amino-alcohol motifs (C(OH)–C–C–N with tert-alkyl or cyclic N) is 1. The molecule has 1 amide bonds. The summed E-state index contributed by atoms with van der Waals surface area (Å²) in [5.74, 6) is -0.564. The topological polar surface area (TPSA) is 85.7 Å². The first-order chi connectivity index (χ1) is 13.6. The van der Waals surface area contributed by atoms with Crippen LogP contribution in [0.1, 0.15) is 21.5 Å². The third-order valence-electron chi connectivity index (χ3n) is 5.17. The van der Waals surface area contributed by atoms with E-state index in [4.69, 9.17) is 0 Å². The SMILES string of the molecule is O=C(NC[C@H](O)CN1CCc2ccccc2C1)c1ccc2cccnc2c1O. The van der Waals surface area contributed by atoms with E-state index in [0.717, 1.165) is 24.9 Å². The molecule has 1 aliphatic rings. The molecule has 6 heteroatoms. The molecule has 0 saturated heterocycles. The summed E-state index contributed by atoms with van der Waals surface area (Å²) in [6.07, 6.45) is 1.85. The van der Waals surface area contributed by atoms with Crippen molar-refractivity contribution in [2.75, 3.05) is 19.6 Å². The second kappa shape index (κ2) is 7.96. The summed E-state index contributed by atoms with van der Waals surface area (Å²) in [6, 6.07) is 15.3. The zero-order valence-corrected chi connectivity index (χ0v) is 15.5. The van der Waals surface area contributed by atoms with Crippen LogP contribution in [0.5, 0.6) is 5.75 Å². The molecule has 0 fully saturated rings. The Morgan fingerprint density at radius 2 is 1.96 bits per heavy atom. The van der Waals surface area contributed by atoms with Gasteiger partial charge < -0.3 is 15.5 Å². The highest BCUT2D eigenvalue weighted by Gasteiger charge is 2.20. The standard InChI is InChI=1S/C22H23N3O3/c26-18(14-25-11-9-15-4-1-2-5-17(15)13-25)12-24-22(28)19-8-7-16-6-3-10-23-20(16)21(19)27/h1-8,10,18,26-27H,9,11-14H2,(H,24,28)/t18-/m0/s1. The molecule has 0 spiro atoms. The van der Waals surface area contributed by atoms with E-state index in [-0.39, 0.29) is 17.9 Å². The number of phenols is 1. The summed E-state index contributed by atoms with van der Waals surface area (Å²) in [4.78, 5) is 18.8. The summed E-state index contributed by atoms with van der Waals surface area (Å²) in [6.45, 7) is 2.30. The van der Waals surface area contributed by atoms with Gasteiger partial charge in [-0.05, 0) is 29.7 Å². The van der Waals surface area contributed by atoms with Crippen molar-refractivity contribution in [2.24, 2.45) is 0 Å². The molecule has 1 aliphatic heterocycles. The number of hydrogen-bond acceptors (Lipinski definition) is 5. The zero-order chi connectivity index (χ0) is 19.5. The van der Waals surface area contributed by atoms with Gasteiger partial charge in [0.2, 0.25) is 0 Å². The molecule has 2 aromatic carbocycles. The van der Waals surface area contributed by atoms with Crippen molar-refractivity contribution in [1.82, 2.24) is 15.2 Å². The molecule has 3 aromatic rings. The number of amides is 1. The number of benzene rings is 2. The van der Waals surface area contributed by atoms with Crippen LogP contribution in [0.25, 0.3) is 10.9 Å². The highest BCUT2D eigenvalue weighted by molar-refractivity contribution is 6.02. The van der Waals surface area contributed by atoms with Gasteiger partial charge >= 0.3 is 0 Å². The maximum atomic E-state index is 12.4. The Hall–Kier alpha value is -2.96. The maximum absolute atomic E-state index is 12.4. The number of rotatable bonds is 5. The van der Waals surface area contributed by atoms with E-state index < -0.39 is 12.0 Å². The molecule has 4 rings (SSSR count). The molecule has 2 heterocycles. The molecule has 0 bridgehead atoms. The molecule has 3 N–H and O–H groups in total. The Morgan fingerprint density at radius 1 is 1.14 bits per heavy atom. The van der Waals surface area contributed by atoms with Crippen LogP contribution in [0.2, 0.25) is 0 Å². The van der Waals surface area contributed by atoms with Crippen LogP contribution in [0.3, 0.4) is 0 Å². The van der Waals surface area contributed by atoms with Gasteiger partial charge in [-0.15, -0.1) is 0 Å². The fourth-order valence-electron chi connectivity index (χ4n) is 3.69. The van der Waals surface area contributed by atoms with Crippen molar-refractivity contribution in [3.8, 4) is 5.75 Å². The predicted octanol–water partition coefficient (Wildman–Crippen LogP) is 2.09. The Kier molecular flexibility index (Phi) is 5.23. The van der Waals surface area contributed by atoms with Crippen LogP contribution >= 0.6 is 0 Å². The number of nitrogens with zero attached hydrogens (tertiary/aromatic N) is 2. The average molecular weight is 377 g/mol. The van der Waals surface area contributed by atoms with Crippen molar-refractivity contribution in [3.05, 3.63) is 71.4 Å². The Bertz CT molecular complexity index is 1010. The highest BCUT2D eigenvalue weighted by atomic mass is 16.3. The Balaban J connectivity index is 1.34. The van der Waals surface area contributed by atoms with Gasteiger partial charge in [-0.3, -0.25) is 14.7 Å². The molecule has 0 saturated carbocycles. The minimum absolute atomic E-state index is 0.122. The van der Waals surface area contributed by atoms with Crippen molar-refractivity contribution in [2.45, 2.75) is 19.1 Å². The summed E-state index contributed by atoms with van der Waals surface area (Å²) in [5.41, 5.74) is 3.20. The molecule has 144 valence electrons. The average Bonchev–Trinajstić information content (AvgIpc) is 2.72. The normalized spacial score (nSPS) is 15.2. The van der Waals surface area contributed by atoms with E-state index >= 15 is 0 Å². The molecule has 1 aromatic heterocycles. The van der Waals surface area contributed by atoms with Crippen molar-refractivity contribution >= 4 is 16.8 Å². The summed E-state index contributed by atoms with van der Waals surface area (Å²) < 4.78 is 0. The van der Waals surface area contributed by atoms with Crippen LogP contribution in [0.15, 0.2) is 54.7 Å². The number of fused-ring (bicyclic) bond motifs is 2. The fourth-order valence-corrected chi connectivity index (χ4v) is 3.69. The predicted molar refractivity (Wildman–Crippen MR) is 107 cm³/mol. The van der Waals surface area contributed by atoms with Crippen LogP contribution in [0.4, 0.5) is 0 Å². The lowest BCUT2D eigenvalue weighted by Crippen LogP contribution is -2.42. The molecule has 0 radical (unpaired) electrons. The van der Waals surface area contributed by atoms with Gasteiger partial charge in [0.25, 0.3) is 5.91 Å². The number of carbonyl (C=O) groups is 1. The first kappa shape index (κ1) is 18.4. The van der Waals surface area contributed by atoms with Gasteiger partial charge in [0.1, 0.15) is 5.52 Å². The minimum Gasteiger partial charge on any atom is -0.505 e. The Labute approximate surface area is 163 Å². The molecule has 6 nitrogen and oxygen atoms in total. The fraction of sp³-hybridized carbons (Fsp3) is 0.273. The second-order valence-electron chi connectivity index (χ2n) is 7.15. The zero-order valence-electron chi connectivity index (χ0n) is 15.5. The van der Waals surface area contributed by atoms with Crippen LogP contribution in [-0.2, 0) is 13.0 Å². The van der Waals surface area contributed by atoms with Crippen LogP contribution < -0.4 is 5.32 Å². The van der Waals surface area contributed by atoms with Gasteiger partial charge in [0.05, 0.1) is 11.7 Å². The van der Waals surface area contributed by atoms with Crippen LogP contribution in [0, 0.1) is 0 Å². The number of nitrogens with one attached hydrogen (secondary N) is 1. The number of aliphatic hydroxyl groups is 1. The van der Waals surface area contributed by atoms with Gasteiger partial charge in [0.15, 0.2) is 5.75 Å². The summed E-state index contributed by atoms with van der Waals surface area (Å²) in [5, 5.41) is 24.2. The summed E-state index contributed by atoms with van der Waals surface area (Å²) >= 11 is 0. The number of carbonyl (C=O) groups excluding carboxylic acids is 1. The van der Waals surface area contributed by atoms with E-state index in [1.807, 2.05) is 12.1 Å². The molecular weight excluding hydrogens is 354 g/mol. The lowest BCUT2D eigenvalue weighted by molar-refractivity contribution is 0.0840. The largest absolute Gasteiger partial charge is 0.505 e. The monoisotopic (exact) mass is 377 g/mol. The lowest BCUT2D eigenvalue weighted by Gasteiger charge is -2.30. The molecule has 1 atom stereocenters. The number of pyridine rings is 1. The van der Waals surface area contributed by atoms with Crippen molar-refractivity contribution in [1.29, 1.82) is 0 Å². The van der Waals surface area contributed by atoms with Gasteiger partial charge in [-0.2, -0.15) is 0 Å². The first-order valence-corrected chi connectivity index (χ1v) is 9.44. The minimum atomic E-state index is -0.685.